The maximum Gasteiger partial charge on any atom is 0.450 e. The van der Waals surface area contributed by atoms with Crippen LogP contribution in [0.1, 0.15) is 30.3 Å². The third-order valence-electron chi connectivity index (χ3n) is 3.68. The zero-order chi connectivity index (χ0) is 14.6. The number of aromatic nitrogens is 4. The van der Waals surface area contributed by atoms with Gasteiger partial charge in [-0.05, 0) is 31.0 Å². The molecule has 3 aromatic rings. The molecule has 0 amide bonds. The van der Waals surface area contributed by atoms with Crippen LogP contribution in [0.4, 0.5) is 13.2 Å². The number of rotatable bonds is 2. The summed E-state index contributed by atoms with van der Waals surface area (Å²) in [5, 5.41) is 7.42. The minimum absolute atomic E-state index is 0.171. The summed E-state index contributed by atoms with van der Waals surface area (Å²) in [5.74, 6) is -0.697. The molecular weight excluding hydrogens is 281 g/mol. The van der Waals surface area contributed by atoms with Crippen LogP contribution in [0.15, 0.2) is 30.6 Å². The molecule has 0 spiro atoms. The molecule has 4 rings (SSSR count). The molecule has 108 valence electrons. The van der Waals surface area contributed by atoms with Crippen LogP contribution in [0.25, 0.3) is 16.6 Å². The van der Waals surface area contributed by atoms with Gasteiger partial charge in [0, 0.05) is 23.2 Å². The summed E-state index contributed by atoms with van der Waals surface area (Å²) in [5.41, 5.74) is 1.75. The van der Waals surface area contributed by atoms with Crippen molar-refractivity contribution in [3.63, 3.8) is 0 Å². The number of benzene rings is 1. The van der Waals surface area contributed by atoms with Crippen LogP contribution in [0.2, 0.25) is 0 Å². The average Bonchev–Trinajstić information content (AvgIpc) is 3.02. The zero-order valence-electron chi connectivity index (χ0n) is 10.9. The van der Waals surface area contributed by atoms with E-state index in [9.17, 15) is 13.2 Å². The first-order chi connectivity index (χ1) is 10.0. The van der Waals surface area contributed by atoms with Crippen molar-refractivity contribution >= 4 is 10.9 Å². The lowest BCUT2D eigenvalue weighted by atomic mass is 10.2. The third-order valence-corrected chi connectivity index (χ3v) is 3.68. The van der Waals surface area contributed by atoms with E-state index in [-0.39, 0.29) is 5.92 Å². The van der Waals surface area contributed by atoms with Crippen LogP contribution in [-0.4, -0.2) is 19.7 Å². The lowest BCUT2D eigenvalue weighted by Gasteiger charge is -2.10. The highest BCUT2D eigenvalue weighted by Gasteiger charge is 2.39. The lowest BCUT2D eigenvalue weighted by Crippen LogP contribution is -2.13. The van der Waals surface area contributed by atoms with Crippen molar-refractivity contribution in [1.29, 1.82) is 0 Å². The molecule has 1 aliphatic carbocycles. The molecule has 1 aliphatic rings. The first kappa shape index (κ1) is 12.4. The Labute approximate surface area is 117 Å². The van der Waals surface area contributed by atoms with E-state index in [0.29, 0.717) is 11.4 Å². The fraction of sp³-hybridized carbons (Fsp3) is 0.286. The Morgan fingerprint density at radius 2 is 2.05 bits per heavy atom. The molecule has 1 saturated carbocycles. The molecule has 0 unspecified atom stereocenters. The van der Waals surface area contributed by atoms with Crippen LogP contribution in [0, 0.1) is 0 Å². The van der Waals surface area contributed by atoms with Crippen molar-refractivity contribution in [2.24, 2.45) is 0 Å². The summed E-state index contributed by atoms with van der Waals surface area (Å²) >= 11 is 0. The fourth-order valence-electron chi connectivity index (χ4n) is 2.45. The largest absolute Gasteiger partial charge is 0.450 e. The van der Waals surface area contributed by atoms with Gasteiger partial charge in [0.1, 0.15) is 0 Å². The number of aromatic amines is 1. The summed E-state index contributed by atoms with van der Waals surface area (Å²) in [6.45, 7) is 0. The van der Waals surface area contributed by atoms with E-state index in [2.05, 4.69) is 15.2 Å². The van der Waals surface area contributed by atoms with Crippen LogP contribution in [0.3, 0.4) is 0 Å². The number of hydrogen-bond acceptors (Lipinski definition) is 2. The fourth-order valence-corrected chi connectivity index (χ4v) is 2.45. The molecule has 0 bridgehead atoms. The Morgan fingerprint density at radius 3 is 2.76 bits per heavy atom. The highest BCUT2D eigenvalue weighted by Crippen LogP contribution is 2.41. The van der Waals surface area contributed by atoms with Gasteiger partial charge in [0.15, 0.2) is 0 Å². The molecule has 2 aromatic heterocycles. The molecule has 1 fully saturated rings. The van der Waals surface area contributed by atoms with Crippen LogP contribution in [0.5, 0.6) is 0 Å². The minimum atomic E-state index is -4.47. The van der Waals surface area contributed by atoms with Crippen molar-refractivity contribution in [2.75, 3.05) is 0 Å². The van der Waals surface area contributed by atoms with E-state index in [1.807, 2.05) is 0 Å². The Morgan fingerprint density at radius 1 is 1.24 bits per heavy atom. The van der Waals surface area contributed by atoms with Gasteiger partial charge in [0.05, 0.1) is 17.4 Å². The van der Waals surface area contributed by atoms with Crippen LogP contribution >= 0.6 is 0 Å². The van der Waals surface area contributed by atoms with E-state index in [1.165, 1.54) is 6.20 Å². The van der Waals surface area contributed by atoms with Crippen LogP contribution < -0.4 is 0 Å². The number of alkyl halides is 3. The standard InChI is InChI=1S/C14H11F3N4/c15-14(16,17)13-19-12(8-1-2-8)7-21(13)10-3-4-11-9(5-10)6-18-20-11/h3-8H,1-2H2,(H,18,20). The Kier molecular flexibility index (Phi) is 2.42. The second-order valence-electron chi connectivity index (χ2n) is 5.27. The van der Waals surface area contributed by atoms with Gasteiger partial charge in [-0.3, -0.25) is 9.67 Å². The maximum absolute atomic E-state index is 13.2. The van der Waals surface area contributed by atoms with Gasteiger partial charge in [-0.25, -0.2) is 4.98 Å². The summed E-state index contributed by atoms with van der Waals surface area (Å²) < 4.78 is 40.7. The highest BCUT2D eigenvalue weighted by molar-refractivity contribution is 5.80. The van der Waals surface area contributed by atoms with E-state index in [4.69, 9.17) is 0 Å². The number of halogens is 3. The van der Waals surface area contributed by atoms with Crippen LogP contribution in [-0.2, 0) is 6.18 Å². The Balaban J connectivity index is 1.89. The number of nitrogens with one attached hydrogen (secondary N) is 1. The van der Waals surface area contributed by atoms with Gasteiger partial charge in [0.25, 0.3) is 0 Å². The van der Waals surface area contributed by atoms with Crippen molar-refractivity contribution in [3.05, 3.63) is 42.1 Å². The topological polar surface area (TPSA) is 46.5 Å². The smallest absolute Gasteiger partial charge is 0.296 e. The molecule has 7 heteroatoms. The van der Waals surface area contributed by atoms with E-state index in [0.717, 1.165) is 28.3 Å². The SMILES string of the molecule is FC(F)(F)c1nc(C2CC2)cn1-c1ccc2[nH]ncc2c1. The number of fused-ring (bicyclic) bond motifs is 1. The molecule has 0 atom stereocenters. The van der Waals surface area contributed by atoms with E-state index < -0.39 is 12.0 Å². The molecular formula is C14H11F3N4. The minimum Gasteiger partial charge on any atom is -0.296 e. The first-order valence-electron chi connectivity index (χ1n) is 6.62. The van der Waals surface area contributed by atoms with Gasteiger partial charge in [-0.1, -0.05) is 0 Å². The van der Waals surface area contributed by atoms with Gasteiger partial charge in [-0.15, -0.1) is 0 Å². The lowest BCUT2D eigenvalue weighted by molar-refractivity contribution is -0.146. The molecule has 1 N–H and O–H groups in total. The number of H-pyrrole nitrogens is 1. The molecule has 0 aliphatic heterocycles. The first-order valence-corrected chi connectivity index (χ1v) is 6.62. The molecule has 21 heavy (non-hydrogen) atoms. The molecule has 0 saturated heterocycles. The summed E-state index contributed by atoms with van der Waals surface area (Å²) in [6.07, 6.45) is 0.440. The quantitative estimate of drug-likeness (QED) is 0.783. The summed E-state index contributed by atoms with van der Waals surface area (Å²) in [6, 6.07) is 5.02. The zero-order valence-corrected chi connectivity index (χ0v) is 10.9. The van der Waals surface area contributed by atoms with Gasteiger partial charge in [0.2, 0.25) is 5.82 Å². The van der Waals surface area contributed by atoms with Crippen molar-refractivity contribution in [1.82, 2.24) is 19.7 Å². The predicted octanol–water partition coefficient (Wildman–Crippen LogP) is 3.64. The monoisotopic (exact) mass is 292 g/mol. The second kappa shape index (κ2) is 4.09. The summed E-state index contributed by atoms with van der Waals surface area (Å²) in [4.78, 5) is 3.80. The Bertz CT molecular complexity index is 811. The number of imidazole rings is 1. The van der Waals surface area contributed by atoms with Gasteiger partial charge >= 0.3 is 6.18 Å². The molecule has 1 aromatic carbocycles. The third kappa shape index (κ3) is 2.09. The molecule has 0 radical (unpaired) electrons. The number of nitrogens with zero attached hydrogens (tertiary/aromatic N) is 3. The maximum atomic E-state index is 13.2. The average molecular weight is 292 g/mol. The number of hydrogen-bond donors (Lipinski definition) is 1. The Hall–Kier alpha value is -2.31. The van der Waals surface area contributed by atoms with Crippen molar-refractivity contribution in [2.45, 2.75) is 24.9 Å². The normalized spacial score (nSPS) is 15.8. The molecule has 4 nitrogen and oxygen atoms in total. The van der Waals surface area contributed by atoms with Gasteiger partial charge in [-0.2, -0.15) is 18.3 Å². The van der Waals surface area contributed by atoms with E-state index >= 15 is 0 Å². The van der Waals surface area contributed by atoms with Crippen molar-refractivity contribution in [3.8, 4) is 5.69 Å². The predicted molar refractivity (Wildman–Crippen MR) is 70.2 cm³/mol. The van der Waals surface area contributed by atoms with E-state index in [1.54, 1.807) is 24.4 Å². The van der Waals surface area contributed by atoms with Gasteiger partial charge < -0.3 is 0 Å². The summed E-state index contributed by atoms with van der Waals surface area (Å²) in [7, 11) is 0. The second-order valence-corrected chi connectivity index (χ2v) is 5.27. The van der Waals surface area contributed by atoms with Crippen molar-refractivity contribution < 1.29 is 13.2 Å². The highest BCUT2D eigenvalue weighted by atomic mass is 19.4. The molecule has 2 heterocycles.